The Labute approximate surface area is 266 Å². The molecule has 4 unspecified atom stereocenters. The third kappa shape index (κ3) is 6.00. The fourth-order valence-electron chi connectivity index (χ4n) is 6.61. The average Bonchev–Trinajstić information content (AvgIpc) is 3.63. The van der Waals surface area contributed by atoms with Crippen LogP contribution in [0.5, 0.6) is 23.0 Å². The number of carbonyl (C=O) groups is 1. The zero-order valence-electron chi connectivity index (χ0n) is 25.5. The van der Waals surface area contributed by atoms with Crippen LogP contribution in [0.2, 0.25) is 5.15 Å². The van der Waals surface area contributed by atoms with Crippen LogP contribution >= 0.6 is 11.6 Å². The van der Waals surface area contributed by atoms with Crippen molar-refractivity contribution in [3.05, 3.63) is 71.0 Å². The van der Waals surface area contributed by atoms with Crippen molar-refractivity contribution in [1.82, 2.24) is 9.97 Å². The first-order valence-corrected chi connectivity index (χ1v) is 15.1. The minimum atomic E-state index is -0.132. The number of methoxy groups -OCH3 is 4. The highest BCUT2D eigenvalue weighted by Gasteiger charge is 2.61. The molecule has 1 N–H and O–H groups in total. The Morgan fingerprint density at radius 1 is 0.956 bits per heavy atom. The van der Waals surface area contributed by atoms with Gasteiger partial charge in [0.1, 0.15) is 39.8 Å². The van der Waals surface area contributed by atoms with E-state index in [2.05, 4.69) is 21.3 Å². The molecule has 2 heterocycles. The molecule has 10 nitrogen and oxygen atoms in total. The van der Waals surface area contributed by atoms with Gasteiger partial charge in [-0.2, -0.15) is 5.26 Å². The molecule has 0 spiro atoms. The number of nitriles is 1. The monoisotopic (exact) mass is 627 g/mol. The largest absolute Gasteiger partial charge is 0.497 e. The van der Waals surface area contributed by atoms with E-state index < -0.39 is 0 Å². The third-order valence-corrected chi connectivity index (χ3v) is 9.09. The van der Waals surface area contributed by atoms with Gasteiger partial charge in [-0.3, -0.25) is 4.79 Å². The Bertz CT molecular complexity index is 1740. The van der Waals surface area contributed by atoms with Gasteiger partial charge in [-0.05, 0) is 66.5 Å². The fraction of sp³-hybridized carbons (Fsp3) is 0.353. The highest BCUT2D eigenvalue weighted by atomic mass is 35.5. The van der Waals surface area contributed by atoms with E-state index in [9.17, 15) is 10.1 Å². The van der Waals surface area contributed by atoms with Crippen molar-refractivity contribution in [2.75, 3.05) is 38.7 Å². The number of amides is 1. The molecule has 2 saturated carbocycles. The van der Waals surface area contributed by atoms with Crippen molar-refractivity contribution in [3.8, 4) is 29.1 Å². The summed E-state index contributed by atoms with van der Waals surface area (Å²) in [5.74, 6) is 3.91. The van der Waals surface area contributed by atoms with E-state index in [0.717, 1.165) is 34.7 Å². The van der Waals surface area contributed by atoms with Gasteiger partial charge in [-0.25, -0.2) is 9.97 Å². The molecular weight excluding hydrogens is 594 g/mol. The van der Waals surface area contributed by atoms with Crippen LogP contribution in [0.1, 0.15) is 24.0 Å². The highest BCUT2D eigenvalue weighted by molar-refractivity contribution is 6.30. The first-order chi connectivity index (χ1) is 21.9. The molecule has 0 aliphatic heterocycles. The number of nitrogens with zero attached hydrogens (tertiary/aromatic N) is 4. The molecule has 11 heteroatoms. The summed E-state index contributed by atoms with van der Waals surface area (Å²) in [7, 11) is 6.47. The first kappa shape index (κ1) is 30.3. The summed E-state index contributed by atoms with van der Waals surface area (Å²) in [6.45, 7) is 0.821. The van der Waals surface area contributed by atoms with Crippen LogP contribution < -0.4 is 29.2 Å². The summed E-state index contributed by atoms with van der Waals surface area (Å²) >= 11 is 6.63. The van der Waals surface area contributed by atoms with Gasteiger partial charge in [0, 0.05) is 53.9 Å². The number of halogens is 1. The highest BCUT2D eigenvalue weighted by Crippen LogP contribution is 2.60. The lowest BCUT2D eigenvalue weighted by Crippen LogP contribution is -2.24. The zero-order valence-corrected chi connectivity index (χ0v) is 26.3. The van der Waals surface area contributed by atoms with Crippen LogP contribution in [-0.4, -0.2) is 44.3 Å². The van der Waals surface area contributed by atoms with Crippen LogP contribution in [0.25, 0.3) is 10.8 Å². The van der Waals surface area contributed by atoms with Gasteiger partial charge >= 0.3 is 0 Å². The average molecular weight is 628 g/mol. The summed E-state index contributed by atoms with van der Waals surface area (Å²) in [6.07, 6.45) is 3.50. The van der Waals surface area contributed by atoms with Crippen molar-refractivity contribution in [2.45, 2.75) is 25.9 Å². The lowest BCUT2D eigenvalue weighted by Gasteiger charge is -2.27. The zero-order chi connectivity index (χ0) is 31.7. The minimum absolute atomic E-state index is 0.0395. The van der Waals surface area contributed by atoms with Crippen LogP contribution in [0.15, 0.2) is 54.7 Å². The number of fused-ring (bicyclic) bond motifs is 2. The second-order valence-corrected chi connectivity index (χ2v) is 11.7. The standard InChI is InChI=1S/C34H34ClN5O5/c1-42-23-8-5-20(27(13-23)44-3)17-40(18-21-6-9-24(43-2)14-28(21)45-4)33-26-16-37-30(12-22(26)11-29(35)38-33)39-34(41)32-25-10-7-19(15-36)31(25)32/h5-6,8-9,11-14,16,19,25,31-32H,7,10,17-18H2,1-4H3,(H,37,39,41). The quantitative estimate of drug-likeness (QED) is 0.192. The molecule has 2 aliphatic rings. The number of hydrogen-bond donors (Lipinski definition) is 1. The molecule has 232 valence electrons. The van der Waals surface area contributed by atoms with Crippen molar-refractivity contribution in [1.29, 1.82) is 5.26 Å². The number of carbonyl (C=O) groups excluding carboxylic acids is 1. The molecule has 0 bridgehead atoms. The van der Waals surface area contributed by atoms with Crippen LogP contribution in [-0.2, 0) is 17.9 Å². The SMILES string of the molecule is COc1ccc(CN(Cc2ccc(OC)cc2OC)c2nc(Cl)cc3cc(NC(=O)C4C5CCC(C#N)C54)ncc23)c(OC)c1. The number of aromatic nitrogens is 2. The van der Waals surface area contributed by atoms with Gasteiger partial charge in [-0.15, -0.1) is 0 Å². The van der Waals surface area contributed by atoms with Crippen molar-refractivity contribution in [3.63, 3.8) is 0 Å². The third-order valence-electron chi connectivity index (χ3n) is 8.90. The molecule has 45 heavy (non-hydrogen) atoms. The van der Waals surface area contributed by atoms with Crippen LogP contribution in [0, 0.1) is 35.0 Å². The Morgan fingerprint density at radius 3 is 2.18 bits per heavy atom. The lowest BCUT2D eigenvalue weighted by molar-refractivity contribution is -0.118. The van der Waals surface area contributed by atoms with E-state index in [-0.39, 0.29) is 23.7 Å². The van der Waals surface area contributed by atoms with E-state index in [1.165, 1.54) is 0 Å². The van der Waals surface area contributed by atoms with E-state index >= 15 is 0 Å². The molecule has 0 radical (unpaired) electrons. The molecule has 6 rings (SSSR count). The maximum absolute atomic E-state index is 13.1. The van der Waals surface area contributed by atoms with Gasteiger partial charge < -0.3 is 29.2 Å². The van der Waals surface area contributed by atoms with E-state index in [1.807, 2.05) is 42.5 Å². The number of nitrogens with one attached hydrogen (secondary N) is 1. The Hall–Kier alpha value is -4.75. The summed E-state index contributed by atoms with van der Waals surface area (Å²) in [4.78, 5) is 24.5. The normalized spacial score (nSPS) is 19.7. The molecule has 2 aromatic carbocycles. The topological polar surface area (TPSA) is 119 Å². The van der Waals surface area contributed by atoms with Gasteiger partial charge in [-0.1, -0.05) is 11.6 Å². The molecule has 2 fully saturated rings. The molecular formula is C34H34ClN5O5. The maximum Gasteiger partial charge on any atom is 0.229 e. The molecule has 0 saturated heterocycles. The second-order valence-electron chi connectivity index (χ2n) is 11.3. The summed E-state index contributed by atoms with van der Waals surface area (Å²) in [5.41, 5.74) is 1.81. The maximum atomic E-state index is 13.1. The van der Waals surface area contributed by atoms with Crippen LogP contribution in [0.3, 0.4) is 0 Å². The van der Waals surface area contributed by atoms with Crippen molar-refractivity contribution >= 4 is 39.9 Å². The second kappa shape index (κ2) is 12.7. The first-order valence-electron chi connectivity index (χ1n) is 14.7. The van der Waals surface area contributed by atoms with Gasteiger partial charge in [0.15, 0.2) is 0 Å². The van der Waals surface area contributed by atoms with E-state index in [4.69, 9.17) is 35.5 Å². The predicted molar refractivity (Wildman–Crippen MR) is 171 cm³/mol. The number of ether oxygens (including phenoxy) is 4. The molecule has 4 atom stereocenters. The molecule has 2 aliphatic carbocycles. The molecule has 2 aromatic heterocycles. The summed E-state index contributed by atoms with van der Waals surface area (Å²) in [5, 5.41) is 14.2. The Kier molecular flexibility index (Phi) is 8.55. The van der Waals surface area contributed by atoms with Gasteiger partial charge in [0.25, 0.3) is 0 Å². The van der Waals surface area contributed by atoms with E-state index in [0.29, 0.717) is 58.8 Å². The van der Waals surface area contributed by atoms with E-state index in [1.54, 1.807) is 40.7 Å². The van der Waals surface area contributed by atoms with Crippen molar-refractivity contribution in [2.24, 2.45) is 23.7 Å². The summed E-state index contributed by atoms with van der Waals surface area (Å²) < 4.78 is 22.2. The number of anilines is 2. The smallest absolute Gasteiger partial charge is 0.229 e. The predicted octanol–water partition coefficient (Wildman–Crippen LogP) is 6.26. The summed E-state index contributed by atoms with van der Waals surface area (Å²) in [6, 6.07) is 17.3. The molecule has 1 amide bonds. The number of benzene rings is 2. The fourth-order valence-corrected chi connectivity index (χ4v) is 6.80. The Balaban J connectivity index is 1.36. The van der Waals surface area contributed by atoms with Gasteiger partial charge in [0.2, 0.25) is 5.91 Å². The lowest BCUT2D eigenvalue weighted by atomic mass is 10.0. The van der Waals surface area contributed by atoms with Gasteiger partial charge in [0.05, 0.1) is 40.4 Å². The minimum Gasteiger partial charge on any atom is -0.497 e. The number of pyridine rings is 2. The molecule has 4 aromatic rings. The van der Waals surface area contributed by atoms with Crippen LogP contribution in [0.4, 0.5) is 11.6 Å². The number of rotatable bonds is 11. The number of hydrogen-bond acceptors (Lipinski definition) is 9. The van der Waals surface area contributed by atoms with Crippen molar-refractivity contribution < 1.29 is 23.7 Å². The Morgan fingerprint density at radius 2 is 1.60 bits per heavy atom.